The molecule has 7 nitrogen and oxygen atoms in total. The summed E-state index contributed by atoms with van der Waals surface area (Å²) in [7, 11) is 0. The predicted molar refractivity (Wildman–Crippen MR) is 125 cm³/mol. The van der Waals surface area contributed by atoms with Crippen molar-refractivity contribution in [1.29, 1.82) is 0 Å². The van der Waals surface area contributed by atoms with Gasteiger partial charge in [-0.3, -0.25) is 4.79 Å². The normalized spacial score (nSPS) is 46.2. The van der Waals surface area contributed by atoms with Gasteiger partial charge in [-0.25, -0.2) is 4.79 Å². The molecule has 0 radical (unpaired) electrons. The van der Waals surface area contributed by atoms with Gasteiger partial charge in [0.2, 0.25) is 0 Å². The van der Waals surface area contributed by atoms with Gasteiger partial charge in [0.15, 0.2) is 29.4 Å². The molecule has 1 aromatic heterocycles. The highest BCUT2D eigenvalue weighted by Gasteiger charge is 2.82. The van der Waals surface area contributed by atoms with Crippen LogP contribution in [0.5, 0.6) is 0 Å². The summed E-state index contributed by atoms with van der Waals surface area (Å²) >= 11 is 0. The molecule has 4 heterocycles. The third-order valence-electron chi connectivity index (χ3n) is 10.7. The first-order valence-corrected chi connectivity index (χ1v) is 12.7. The highest BCUT2D eigenvalue weighted by atomic mass is 16.8. The van der Waals surface area contributed by atoms with Gasteiger partial charge >= 0.3 is 6.16 Å². The molecule has 1 unspecified atom stereocenters. The fourth-order valence-corrected chi connectivity index (χ4v) is 9.00. The molecule has 3 aliphatic carbocycles. The molecular weight excluding hydrogens is 446 g/mol. The lowest BCUT2D eigenvalue weighted by Crippen LogP contribution is -2.73. The zero-order valence-corrected chi connectivity index (χ0v) is 20.4. The summed E-state index contributed by atoms with van der Waals surface area (Å²) in [5.41, 5.74) is 1.54. The molecule has 182 valence electrons. The summed E-state index contributed by atoms with van der Waals surface area (Å²) in [5, 5.41) is 1.25. The van der Waals surface area contributed by atoms with Gasteiger partial charge in [-0.15, -0.1) is 0 Å². The molecule has 8 rings (SSSR count). The second-order valence-electron chi connectivity index (χ2n) is 12.3. The van der Waals surface area contributed by atoms with Crippen molar-refractivity contribution in [2.75, 3.05) is 0 Å². The molecule has 7 atom stereocenters. The monoisotopic (exact) mass is 475 g/mol. The van der Waals surface area contributed by atoms with E-state index in [9.17, 15) is 9.59 Å². The Balaban J connectivity index is 1.39. The highest BCUT2D eigenvalue weighted by molar-refractivity contribution is 5.97. The second-order valence-corrected chi connectivity index (χ2v) is 12.3. The molecular formula is C28H29NO6. The third-order valence-corrected chi connectivity index (χ3v) is 10.7. The maximum Gasteiger partial charge on any atom is 0.509 e. The van der Waals surface area contributed by atoms with Crippen LogP contribution in [0.4, 0.5) is 4.79 Å². The lowest BCUT2D eigenvalue weighted by atomic mass is 9.41. The van der Waals surface area contributed by atoms with E-state index in [-0.39, 0.29) is 17.1 Å². The van der Waals surface area contributed by atoms with E-state index in [0.29, 0.717) is 24.8 Å². The number of carbonyl (C=O) groups is 2. The van der Waals surface area contributed by atoms with Crippen molar-refractivity contribution < 1.29 is 28.5 Å². The fourth-order valence-electron chi connectivity index (χ4n) is 9.00. The van der Waals surface area contributed by atoms with Gasteiger partial charge in [0, 0.05) is 39.4 Å². The number of aromatic nitrogens is 1. The number of H-pyrrole nitrogens is 1. The minimum Gasteiger partial charge on any atom is -0.426 e. The van der Waals surface area contributed by atoms with E-state index >= 15 is 0 Å². The van der Waals surface area contributed by atoms with E-state index in [1.54, 1.807) is 6.08 Å². The molecule has 2 spiro atoms. The van der Waals surface area contributed by atoms with E-state index in [1.165, 1.54) is 16.6 Å². The topological polar surface area (TPSA) is 86.9 Å². The Morgan fingerprint density at radius 1 is 1.06 bits per heavy atom. The predicted octanol–water partition coefficient (Wildman–Crippen LogP) is 4.48. The Hall–Kier alpha value is -2.64. The van der Waals surface area contributed by atoms with Gasteiger partial charge in [0.1, 0.15) is 5.60 Å². The van der Waals surface area contributed by atoms with E-state index < -0.39 is 40.8 Å². The van der Waals surface area contributed by atoms with Crippen molar-refractivity contribution >= 4 is 22.8 Å². The number of aromatic amines is 1. The van der Waals surface area contributed by atoms with E-state index in [2.05, 4.69) is 43.1 Å². The Bertz CT molecular complexity index is 1410. The number of fused-ring (bicyclic) bond motifs is 7. The molecule has 2 saturated carbocycles. The summed E-state index contributed by atoms with van der Waals surface area (Å²) in [6.07, 6.45) is 2.69. The fraction of sp³-hybridized carbons (Fsp3) is 0.571. The maximum atomic E-state index is 13.3. The largest absolute Gasteiger partial charge is 0.509 e. The molecule has 4 fully saturated rings. The van der Waals surface area contributed by atoms with Crippen LogP contribution < -0.4 is 0 Å². The van der Waals surface area contributed by atoms with Crippen molar-refractivity contribution in [2.24, 2.45) is 11.3 Å². The van der Waals surface area contributed by atoms with Gasteiger partial charge in [-0.05, 0) is 56.7 Å². The quantitative estimate of drug-likeness (QED) is 0.566. The maximum absolute atomic E-state index is 13.3. The number of nitrogens with one attached hydrogen (secondary N) is 1. The molecule has 7 heteroatoms. The molecule has 1 aromatic carbocycles. The van der Waals surface area contributed by atoms with Crippen LogP contribution >= 0.6 is 0 Å². The number of hydrogen-bond acceptors (Lipinski definition) is 6. The zero-order chi connectivity index (χ0) is 24.2. The van der Waals surface area contributed by atoms with Crippen LogP contribution in [0.15, 0.2) is 35.9 Å². The molecule has 1 N–H and O–H groups in total. The Labute approximate surface area is 203 Å². The van der Waals surface area contributed by atoms with Crippen molar-refractivity contribution in [1.82, 2.24) is 4.98 Å². The van der Waals surface area contributed by atoms with Gasteiger partial charge < -0.3 is 23.9 Å². The average Bonchev–Trinajstić information content (AvgIpc) is 3.48. The van der Waals surface area contributed by atoms with E-state index in [4.69, 9.17) is 18.9 Å². The number of carbonyl (C=O) groups excluding carboxylic acids is 2. The van der Waals surface area contributed by atoms with Crippen molar-refractivity contribution in [2.45, 2.75) is 88.0 Å². The Kier molecular flexibility index (Phi) is 3.33. The lowest BCUT2D eigenvalue weighted by Gasteiger charge is -2.65. The Morgan fingerprint density at radius 3 is 2.69 bits per heavy atom. The van der Waals surface area contributed by atoms with Crippen LogP contribution in [0.1, 0.15) is 58.2 Å². The van der Waals surface area contributed by atoms with E-state index in [0.717, 1.165) is 11.9 Å². The summed E-state index contributed by atoms with van der Waals surface area (Å²) in [6, 6.07) is 8.44. The standard InChI is InChI=1S/C28H29NO6/c1-24(2)22-18(30)13-19-27(33-22,35-24)10-9-25(3)26(4)14(12-20-28(19,25)34-23(31)32-20)11-16-15-7-5-6-8-17(15)29-21(16)26/h5-8,13-14,20,22,29H,9-12H2,1-4H3/t14-,20+,22?,25-,26-,27+,28+/m1/s1. The van der Waals surface area contributed by atoms with Crippen LogP contribution in [-0.4, -0.2) is 46.1 Å². The summed E-state index contributed by atoms with van der Waals surface area (Å²) < 4.78 is 25.2. The average molecular weight is 476 g/mol. The third kappa shape index (κ3) is 1.96. The molecule has 2 bridgehead atoms. The zero-order valence-electron chi connectivity index (χ0n) is 20.4. The van der Waals surface area contributed by atoms with Crippen molar-refractivity contribution in [3.8, 4) is 0 Å². The molecule has 2 aromatic rings. The first-order chi connectivity index (χ1) is 16.6. The molecule has 6 aliphatic rings. The van der Waals surface area contributed by atoms with Crippen LogP contribution in [0.3, 0.4) is 0 Å². The van der Waals surface area contributed by atoms with Crippen LogP contribution in [0.25, 0.3) is 10.9 Å². The number of para-hydroxylation sites is 1. The number of ketones is 1. The minimum absolute atomic E-state index is 0.136. The highest BCUT2D eigenvalue weighted by Crippen LogP contribution is 2.74. The summed E-state index contributed by atoms with van der Waals surface area (Å²) in [4.78, 5) is 29.9. The molecule has 35 heavy (non-hydrogen) atoms. The molecule has 0 amide bonds. The molecule has 3 aliphatic heterocycles. The van der Waals surface area contributed by atoms with Crippen molar-refractivity contribution in [3.05, 3.63) is 47.2 Å². The van der Waals surface area contributed by atoms with Gasteiger partial charge in [0.25, 0.3) is 0 Å². The smallest absolute Gasteiger partial charge is 0.426 e. The Morgan fingerprint density at radius 2 is 1.86 bits per heavy atom. The number of benzene rings is 1. The van der Waals surface area contributed by atoms with E-state index in [1.807, 2.05) is 13.8 Å². The van der Waals surface area contributed by atoms with Gasteiger partial charge in [0.05, 0.1) is 0 Å². The van der Waals surface area contributed by atoms with Crippen LogP contribution in [0.2, 0.25) is 0 Å². The summed E-state index contributed by atoms with van der Waals surface area (Å²) in [5.74, 6) is -0.947. The minimum atomic E-state index is -1.15. The summed E-state index contributed by atoms with van der Waals surface area (Å²) in [6.45, 7) is 8.33. The van der Waals surface area contributed by atoms with Gasteiger partial charge in [-0.1, -0.05) is 32.0 Å². The van der Waals surface area contributed by atoms with Crippen molar-refractivity contribution in [3.63, 3.8) is 0 Å². The lowest BCUT2D eigenvalue weighted by molar-refractivity contribution is -0.248. The number of rotatable bonds is 0. The first-order valence-electron chi connectivity index (χ1n) is 12.7. The first kappa shape index (κ1) is 20.5. The van der Waals surface area contributed by atoms with Crippen LogP contribution in [-0.2, 0) is 35.6 Å². The van der Waals surface area contributed by atoms with Crippen LogP contribution in [0, 0.1) is 11.3 Å². The SMILES string of the molecule is CC1(C)O[C@@]23CC[C@]4(C)[C@@]5(C)c6[nH]c7ccccc7c6C[C@@H]5C[C@@H]5OC(=O)O[C@@]54C2=CC(=O)C1O3. The number of hydrogen-bond donors (Lipinski definition) is 1. The number of ether oxygens (including phenoxy) is 4. The molecule has 2 saturated heterocycles. The van der Waals surface area contributed by atoms with Gasteiger partial charge in [-0.2, -0.15) is 0 Å². The second kappa shape index (κ2) is 5.68.